The molecule has 0 rings (SSSR count). The lowest BCUT2D eigenvalue weighted by Crippen LogP contribution is -2.78. The number of thiol groups is 1. The number of nitrogens with one attached hydrogen (secondary N) is 1. The van der Waals surface area contributed by atoms with Crippen LogP contribution in [0.25, 0.3) is 0 Å². The van der Waals surface area contributed by atoms with Crippen molar-refractivity contribution in [2.45, 2.75) is 25.7 Å². The summed E-state index contributed by atoms with van der Waals surface area (Å²) in [6.07, 6.45) is 3.56. The Labute approximate surface area is 131 Å². The molecule has 0 aliphatic heterocycles. The van der Waals surface area contributed by atoms with Gasteiger partial charge in [0, 0.05) is 5.75 Å². The Morgan fingerprint density at radius 1 is 1.05 bits per heavy atom. The average Bonchev–Trinajstić information content (AvgIpc) is 2.45. The molecule has 0 spiro atoms. The number of aliphatic hydroxyl groups excluding tert-OH is 1. The molecule has 1 atom stereocenters. The highest BCUT2D eigenvalue weighted by molar-refractivity contribution is 7.80. The zero-order valence-corrected chi connectivity index (χ0v) is 14.0. The Hall–Kier alpha value is -0.310. The van der Waals surface area contributed by atoms with E-state index < -0.39 is 7.82 Å². The molecule has 6 N–H and O–H groups in total. The van der Waals surface area contributed by atoms with Gasteiger partial charge in [-0.05, 0) is 12.8 Å². The van der Waals surface area contributed by atoms with Gasteiger partial charge in [0.1, 0.15) is 0 Å². The van der Waals surface area contributed by atoms with E-state index in [1.54, 1.807) is 0 Å². The summed E-state index contributed by atoms with van der Waals surface area (Å²) in [5, 5.41) is 8.69. The fourth-order valence-corrected chi connectivity index (χ4v) is 2.84. The third-order valence-corrected chi connectivity index (χ3v) is 4.01. The summed E-state index contributed by atoms with van der Waals surface area (Å²) in [5.41, 5.74) is 10.5. The highest BCUT2D eigenvalue weighted by Crippen LogP contribution is 2.49. The van der Waals surface area contributed by atoms with Gasteiger partial charge in [-0.25, -0.2) is 4.57 Å². The molecular formula is C11H27N3O5PS+. The molecule has 0 aliphatic carbocycles. The van der Waals surface area contributed by atoms with E-state index in [2.05, 4.69) is 17.6 Å². The van der Waals surface area contributed by atoms with Crippen LogP contribution in [0, 0.1) is 0 Å². The molecule has 1 unspecified atom stereocenters. The van der Waals surface area contributed by atoms with Gasteiger partial charge < -0.3 is 5.11 Å². The van der Waals surface area contributed by atoms with Crippen molar-refractivity contribution < 1.29 is 28.2 Å². The van der Waals surface area contributed by atoms with Crippen LogP contribution in [0.4, 0.5) is 0 Å². The number of nitrogens with two attached hydrogens (primary N) is 2. The Bertz CT molecular complexity index is 317. The molecule has 126 valence electrons. The minimum absolute atomic E-state index is 0.0907. The van der Waals surface area contributed by atoms with E-state index in [4.69, 9.17) is 30.1 Å². The molecule has 0 saturated heterocycles. The Balaban J connectivity index is 3.77. The lowest BCUT2D eigenvalue weighted by molar-refractivity contribution is -0.459. The molecule has 0 saturated carbocycles. The van der Waals surface area contributed by atoms with Gasteiger partial charge in [0.2, 0.25) is 0 Å². The first kappa shape index (κ1) is 20.7. The molecule has 0 bridgehead atoms. The molecule has 0 amide bonds. The van der Waals surface area contributed by atoms with Crippen LogP contribution in [0.3, 0.4) is 0 Å². The molecular weight excluding hydrogens is 317 g/mol. The topological polar surface area (TPSA) is 131 Å². The zero-order chi connectivity index (χ0) is 16.0. The molecule has 8 nitrogen and oxygen atoms in total. The van der Waals surface area contributed by atoms with Crippen LogP contribution in [0.15, 0.2) is 0 Å². The van der Waals surface area contributed by atoms with Crippen LogP contribution in [-0.4, -0.2) is 49.8 Å². The standard InChI is InChI=1S/C11H26N3O5PS/c12-11(13)14-5-3-1-2-4-7-17-20(16,18-8-6-15)19-9-10-21/h15,21H,1-10H2,(H4,12,13,14)/p+1. The van der Waals surface area contributed by atoms with Gasteiger partial charge in [-0.1, -0.05) is 12.8 Å². The van der Waals surface area contributed by atoms with Gasteiger partial charge in [-0.3, -0.25) is 30.0 Å². The van der Waals surface area contributed by atoms with Crippen LogP contribution < -0.4 is 16.5 Å². The van der Waals surface area contributed by atoms with Crippen molar-refractivity contribution in [3.8, 4) is 0 Å². The normalized spacial score (nSPS) is 13.8. The Kier molecular flexibility index (Phi) is 13.2. The lowest BCUT2D eigenvalue weighted by atomic mass is 10.2. The van der Waals surface area contributed by atoms with Gasteiger partial charge in [0.25, 0.3) is 0 Å². The van der Waals surface area contributed by atoms with E-state index in [-0.39, 0.29) is 32.4 Å². The Morgan fingerprint density at radius 3 is 2.29 bits per heavy atom. The van der Waals surface area contributed by atoms with E-state index in [1.165, 1.54) is 0 Å². The first-order chi connectivity index (χ1) is 10.0. The minimum atomic E-state index is -3.58. The molecule has 0 radical (unpaired) electrons. The summed E-state index contributed by atoms with van der Waals surface area (Å²) in [6, 6.07) is 0. The molecule has 0 aromatic carbocycles. The predicted molar refractivity (Wildman–Crippen MR) is 84.1 cm³/mol. The van der Waals surface area contributed by atoms with Crippen molar-refractivity contribution in [2.24, 2.45) is 11.5 Å². The van der Waals surface area contributed by atoms with Crippen molar-refractivity contribution in [2.75, 3.05) is 38.7 Å². The third-order valence-electron chi connectivity index (χ3n) is 2.33. The van der Waals surface area contributed by atoms with Crippen molar-refractivity contribution in [3.05, 3.63) is 0 Å². The van der Waals surface area contributed by atoms with Crippen LogP contribution in [-0.2, 0) is 18.1 Å². The first-order valence-corrected chi connectivity index (χ1v) is 9.00. The first-order valence-electron chi connectivity index (χ1n) is 6.91. The second kappa shape index (κ2) is 13.4. The maximum Gasteiger partial charge on any atom is 0.474 e. The van der Waals surface area contributed by atoms with E-state index >= 15 is 0 Å². The minimum Gasteiger partial charge on any atom is -0.394 e. The fraction of sp³-hybridized carbons (Fsp3) is 0.909. The zero-order valence-electron chi connectivity index (χ0n) is 12.2. The van der Waals surface area contributed by atoms with Crippen LogP contribution in [0.2, 0.25) is 0 Å². The van der Waals surface area contributed by atoms with E-state index in [1.807, 2.05) is 0 Å². The number of hydrogen-bond acceptors (Lipinski definition) is 6. The number of hydrogen-bond donors (Lipinski definition) is 5. The van der Waals surface area contributed by atoms with Gasteiger partial charge in [-0.2, -0.15) is 12.6 Å². The highest BCUT2D eigenvalue weighted by Gasteiger charge is 2.25. The number of rotatable bonds is 14. The summed E-state index contributed by atoms with van der Waals surface area (Å²) in [6.45, 7) is 0.827. The molecule has 0 aliphatic rings. The van der Waals surface area contributed by atoms with Gasteiger partial charge in [0.05, 0.1) is 33.0 Å². The number of phosphoric acid groups is 1. The fourth-order valence-electron chi connectivity index (χ4n) is 1.41. The third kappa shape index (κ3) is 13.1. The predicted octanol–water partition coefficient (Wildman–Crippen LogP) is -1.02. The summed E-state index contributed by atoms with van der Waals surface area (Å²) in [7, 11) is -3.58. The van der Waals surface area contributed by atoms with Crippen molar-refractivity contribution in [3.63, 3.8) is 0 Å². The quantitative estimate of drug-likeness (QED) is 0.0896. The molecule has 0 fully saturated rings. The second-order valence-electron chi connectivity index (χ2n) is 4.19. The Morgan fingerprint density at radius 2 is 1.67 bits per heavy atom. The number of unbranched alkanes of at least 4 members (excludes halogenated alkanes) is 3. The SMILES string of the molecule is NC(N)=[NH+]CCCCCCOP(=O)(OCCO)OCCS. The van der Waals surface area contributed by atoms with Crippen LogP contribution in [0.1, 0.15) is 25.7 Å². The van der Waals surface area contributed by atoms with Crippen molar-refractivity contribution in [1.29, 1.82) is 0 Å². The monoisotopic (exact) mass is 344 g/mol. The maximum absolute atomic E-state index is 12.1. The second-order valence-corrected chi connectivity index (χ2v) is 6.31. The maximum atomic E-state index is 12.1. The summed E-state index contributed by atoms with van der Waals surface area (Å²) >= 11 is 3.96. The smallest absolute Gasteiger partial charge is 0.394 e. The number of aliphatic hydroxyl groups is 1. The van der Waals surface area contributed by atoms with Crippen molar-refractivity contribution in [1.82, 2.24) is 0 Å². The largest absolute Gasteiger partial charge is 0.474 e. The van der Waals surface area contributed by atoms with Crippen LogP contribution >= 0.6 is 20.5 Å². The molecule has 0 aromatic heterocycles. The molecule has 0 heterocycles. The summed E-state index contributed by atoms with van der Waals surface area (Å²) in [4.78, 5) is 2.83. The average molecular weight is 344 g/mol. The summed E-state index contributed by atoms with van der Waals surface area (Å²) < 4.78 is 27.2. The van der Waals surface area contributed by atoms with Crippen molar-refractivity contribution >= 4 is 26.4 Å². The number of phosphoric ester groups is 1. The summed E-state index contributed by atoms with van der Waals surface area (Å²) in [5.74, 6) is 0.631. The number of guanidine groups is 1. The van der Waals surface area contributed by atoms with Crippen LogP contribution in [0.5, 0.6) is 0 Å². The van der Waals surface area contributed by atoms with E-state index in [9.17, 15) is 4.57 Å². The molecule has 0 aromatic rings. The molecule has 21 heavy (non-hydrogen) atoms. The van der Waals surface area contributed by atoms with E-state index in [0.717, 1.165) is 32.2 Å². The van der Waals surface area contributed by atoms with Gasteiger partial charge in [0.15, 0.2) is 0 Å². The van der Waals surface area contributed by atoms with E-state index in [0.29, 0.717) is 5.75 Å². The van der Waals surface area contributed by atoms with Gasteiger partial charge >= 0.3 is 13.8 Å². The highest BCUT2D eigenvalue weighted by atomic mass is 32.1. The van der Waals surface area contributed by atoms with Gasteiger partial charge in [-0.15, -0.1) is 0 Å². The lowest BCUT2D eigenvalue weighted by Gasteiger charge is -2.17. The molecule has 10 heteroatoms.